The van der Waals surface area contributed by atoms with Crippen molar-refractivity contribution in [2.45, 2.75) is 31.3 Å². The van der Waals surface area contributed by atoms with Gasteiger partial charge in [0.2, 0.25) is 0 Å². The Morgan fingerprint density at radius 1 is 1.35 bits per heavy atom. The largest absolute Gasteiger partial charge is 0.492 e. The van der Waals surface area contributed by atoms with Crippen molar-refractivity contribution in [1.82, 2.24) is 14.6 Å². The molecule has 0 radical (unpaired) electrons. The van der Waals surface area contributed by atoms with Crippen LogP contribution in [0.4, 0.5) is 14.9 Å². The van der Waals surface area contributed by atoms with Gasteiger partial charge in [-0.2, -0.15) is 4.68 Å². The van der Waals surface area contributed by atoms with E-state index in [4.69, 9.17) is 22.0 Å². The summed E-state index contributed by atoms with van der Waals surface area (Å²) in [6.45, 7) is 1.12. The van der Waals surface area contributed by atoms with Crippen molar-refractivity contribution < 1.29 is 13.9 Å². The van der Waals surface area contributed by atoms with E-state index in [1.54, 1.807) is 4.90 Å². The number of nitrogen functional groups attached to an aromatic ring is 1. The Kier molecular flexibility index (Phi) is 5.25. The first-order chi connectivity index (χ1) is 14.7. The van der Waals surface area contributed by atoms with E-state index in [-0.39, 0.29) is 46.9 Å². The third-order valence-electron chi connectivity index (χ3n) is 6.06. The van der Waals surface area contributed by atoms with Crippen molar-refractivity contribution in [1.29, 1.82) is 0 Å². The summed E-state index contributed by atoms with van der Waals surface area (Å²) in [6, 6.07) is -0.0199. The van der Waals surface area contributed by atoms with Crippen LogP contribution in [0.15, 0.2) is 15.7 Å². The lowest BCUT2D eigenvalue weighted by atomic mass is 10.00. The average molecular weight is 435 g/mol. The molecule has 1 aromatic heterocycles. The highest BCUT2D eigenvalue weighted by Crippen LogP contribution is 2.43. The Labute approximate surface area is 176 Å². The zero-order chi connectivity index (χ0) is 22.4. The molecule has 2 heterocycles. The molecular weight excluding hydrogens is 409 g/mol. The minimum Gasteiger partial charge on any atom is -0.492 e. The smallest absolute Gasteiger partial charge is 0.350 e. The first-order valence-electron chi connectivity index (χ1n) is 10.1. The molecule has 7 N–H and O–H groups in total. The molecule has 0 spiro atoms. The number of nitrogens with one attached hydrogen (secondary N) is 1. The number of fused-ring (bicyclic) bond motifs is 1. The van der Waals surface area contributed by atoms with Crippen LogP contribution >= 0.6 is 0 Å². The van der Waals surface area contributed by atoms with Crippen molar-refractivity contribution in [3.8, 4) is 5.75 Å². The third-order valence-corrected chi connectivity index (χ3v) is 6.06. The fourth-order valence-electron chi connectivity index (χ4n) is 4.32. The molecule has 0 unspecified atom stereocenters. The zero-order valence-electron chi connectivity index (χ0n) is 17.1. The minimum atomic E-state index is -0.778. The standard InChI is InChI=1S/C19H26FN7O4/c1-31-16-14-11(17(28)27(23)19(30)26(14)10-2-3-10)6-12(20)15(16)25-5-4-9(8-25)13(21)7-24-18(22)29/h6,9-10,13H,2-5,7-8,21,23H2,1H3,(H3,22,24,29)/t9-,13-/m1/s1. The van der Waals surface area contributed by atoms with Crippen molar-refractivity contribution in [2.75, 3.05) is 37.5 Å². The number of amides is 2. The first-order valence-corrected chi connectivity index (χ1v) is 10.1. The van der Waals surface area contributed by atoms with Gasteiger partial charge in [0.15, 0.2) is 11.6 Å². The Morgan fingerprint density at radius 3 is 2.68 bits per heavy atom. The van der Waals surface area contributed by atoms with E-state index in [0.29, 0.717) is 24.2 Å². The molecule has 1 aromatic carbocycles. The Balaban J connectivity index is 1.79. The number of nitrogens with two attached hydrogens (primary N) is 3. The molecule has 2 aliphatic rings. The highest BCUT2D eigenvalue weighted by molar-refractivity contribution is 5.91. The highest BCUT2D eigenvalue weighted by atomic mass is 19.1. The van der Waals surface area contributed by atoms with Crippen LogP contribution < -0.4 is 43.5 Å². The van der Waals surface area contributed by atoms with Crippen LogP contribution in [0.2, 0.25) is 0 Å². The summed E-state index contributed by atoms with van der Waals surface area (Å²) in [5.41, 5.74) is 10.3. The Morgan fingerprint density at radius 2 is 2.06 bits per heavy atom. The number of anilines is 1. The van der Waals surface area contributed by atoms with Crippen LogP contribution in [0.3, 0.4) is 0 Å². The third kappa shape index (κ3) is 3.56. The number of hydrogen-bond acceptors (Lipinski definition) is 7. The molecular formula is C19H26FN7O4. The maximum absolute atomic E-state index is 15.3. The lowest BCUT2D eigenvalue weighted by Crippen LogP contribution is -2.45. The molecule has 12 heteroatoms. The number of carbonyl (C=O) groups is 1. The number of ether oxygens (including phenoxy) is 1. The van der Waals surface area contributed by atoms with E-state index in [2.05, 4.69) is 5.32 Å². The summed E-state index contributed by atoms with van der Waals surface area (Å²) in [4.78, 5) is 38.0. The molecule has 0 bridgehead atoms. The van der Waals surface area contributed by atoms with Gasteiger partial charge in [-0.25, -0.2) is 14.0 Å². The van der Waals surface area contributed by atoms with Gasteiger partial charge < -0.3 is 32.3 Å². The lowest BCUT2D eigenvalue weighted by Gasteiger charge is -2.25. The Hall–Kier alpha value is -3.28. The monoisotopic (exact) mass is 435 g/mol. The van der Waals surface area contributed by atoms with Gasteiger partial charge in [0.05, 0.1) is 12.5 Å². The van der Waals surface area contributed by atoms with Gasteiger partial charge in [0.1, 0.15) is 11.2 Å². The molecule has 2 amide bonds. The summed E-state index contributed by atoms with van der Waals surface area (Å²) in [6.07, 6.45) is 2.19. The topological polar surface area (TPSA) is 164 Å². The lowest BCUT2D eigenvalue weighted by molar-refractivity contribution is 0.247. The van der Waals surface area contributed by atoms with E-state index in [9.17, 15) is 14.4 Å². The maximum atomic E-state index is 15.3. The van der Waals surface area contributed by atoms with Crippen molar-refractivity contribution in [3.05, 3.63) is 32.7 Å². The number of primary amides is 1. The molecule has 31 heavy (non-hydrogen) atoms. The molecule has 4 rings (SSSR count). The normalized spacial score (nSPS) is 19.6. The maximum Gasteiger partial charge on any atom is 0.350 e. The van der Waals surface area contributed by atoms with Crippen molar-refractivity contribution in [2.24, 2.45) is 17.4 Å². The number of halogens is 1. The SMILES string of the molecule is COc1c(N2CC[C@@H]([C@H](N)CNC(N)=O)C2)c(F)cc2c(=O)n(N)c(=O)n(C3CC3)c12. The van der Waals surface area contributed by atoms with Crippen LogP contribution in [-0.4, -0.2) is 48.1 Å². The number of carbonyl (C=O) groups excluding carboxylic acids is 1. The molecule has 1 aliphatic carbocycles. The molecule has 2 aromatic rings. The van der Waals surface area contributed by atoms with E-state index >= 15 is 4.39 Å². The summed E-state index contributed by atoms with van der Waals surface area (Å²) in [7, 11) is 1.38. The van der Waals surface area contributed by atoms with Gasteiger partial charge in [0.25, 0.3) is 5.56 Å². The summed E-state index contributed by atoms with van der Waals surface area (Å²) in [5, 5.41) is 2.48. The first kappa shape index (κ1) is 21.0. The summed E-state index contributed by atoms with van der Waals surface area (Å²) >= 11 is 0. The second kappa shape index (κ2) is 7.76. The van der Waals surface area contributed by atoms with Gasteiger partial charge in [-0.1, -0.05) is 0 Å². The van der Waals surface area contributed by atoms with Crippen LogP contribution in [-0.2, 0) is 0 Å². The number of hydrogen-bond donors (Lipinski definition) is 4. The summed E-state index contributed by atoms with van der Waals surface area (Å²) < 4.78 is 22.8. The molecule has 1 saturated carbocycles. The van der Waals surface area contributed by atoms with Gasteiger partial charge in [-0.05, 0) is 31.2 Å². The number of urea groups is 1. The molecule has 11 nitrogen and oxygen atoms in total. The molecule has 1 saturated heterocycles. The van der Waals surface area contributed by atoms with Crippen LogP contribution in [0, 0.1) is 11.7 Å². The van der Waals surface area contributed by atoms with Crippen LogP contribution in [0.5, 0.6) is 5.75 Å². The number of benzene rings is 1. The number of methoxy groups -OCH3 is 1. The fourth-order valence-corrected chi connectivity index (χ4v) is 4.32. The Bertz CT molecular complexity index is 1160. The van der Waals surface area contributed by atoms with Gasteiger partial charge in [0, 0.05) is 31.7 Å². The number of rotatable bonds is 6. The quantitative estimate of drug-likeness (QED) is 0.431. The van der Waals surface area contributed by atoms with Crippen LogP contribution in [0.25, 0.3) is 10.9 Å². The molecule has 168 valence electrons. The fraction of sp³-hybridized carbons (Fsp3) is 0.526. The van der Waals surface area contributed by atoms with E-state index in [1.807, 2.05) is 0 Å². The van der Waals surface area contributed by atoms with Crippen LogP contribution in [0.1, 0.15) is 25.3 Å². The highest BCUT2D eigenvalue weighted by Gasteiger charge is 2.35. The van der Waals surface area contributed by atoms with E-state index in [0.717, 1.165) is 18.9 Å². The second-order valence-corrected chi connectivity index (χ2v) is 8.10. The molecule has 1 aliphatic heterocycles. The average Bonchev–Trinajstić information content (AvgIpc) is 3.45. The molecule has 2 atom stereocenters. The van der Waals surface area contributed by atoms with Gasteiger partial charge >= 0.3 is 11.7 Å². The van der Waals surface area contributed by atoms with Crippen molar-refractivity contribution >= 4 is 22.6 Å². The second-order valence-electron chi connectivity index (χ2n) is 8.10. The molecule has 2 fully saturated rings. The predicted molar refractivity (Wildman–Crippen MR) is 113 cm³/mol. The zero-order valence-corrected chi connectivity index (χ0v) is 17.1. The number of aromatic nitrogens is 2. The van der Waals surface area contributed by atoms with Gasteiger partial charge in [-0.3, -0.25) is 9.36 Å². The number of nitrogens with zero attached hydrogens (tertiary/aromatic N) is 3. The predicted octanol–water partition coefficient (Wildman–Crippen LogP) is -0.818. The minimum absolute atomic E-state index is 0.00907. The van der Waals surface area contributed by atoms with E-state index < -0.39 is 23.1 Å². The van der Waals surface area contributed by atoms with E-state index in [1.165, 1.54) is 11.7 Å². The van der Waals surface area contributed by atoms with Gasteiger partial charge in [-0.15, -0.1) is 0 Å². The summed E-state index contributed by atoms with van der Waals surface area (Å²) in [5.74, 6) is 5.12. The van der Waals surface area contributed by atoms with Crippen molar-refractivity contribution in [3.63, 3.8) is 0 Å².